The molecule has 0 amide bonds. The van der Waals surface area contributed by atoms with Crippen LogP contribution in [0.2, 0.25) is 0 Å². The summed E-state index contributed by atoms with van der Waals surface area (Å²) in [5, 5.41) is 0. The van der Waals surface area contributed by atoms with Crippen LogP contribution in [0.15, 0.2) is 24.4 Å². The maximum atomic E-state index is 12.2. The van der Waals surface area contributed by atoms with E-state index in [1.165, 1.54) is 0 Å². The summed E-state index contributed by atoms with van der Waals surface area (Å²) >= 11 is 5.67. The minimum Gasteiger partial charge on any atom is -0.261 e. The number of aromatic nitrogens is 1. The van der Waals surface area contributed by atoms with Crippen LogP contribution in [0.3, 0.4) is 0 Å². The number of hydrogen-bond acceptors (Lipinski definition) is 3. The predicted molar refractivity (Wildman–Crippen MR) is 72.2 cm³/mol. The third-order valence-electron chi connectivity index (χ3n) is 2.96. The molecule has 1 heterocycles. The molecule has 1 aliphatic rings. The van der Waals surface area contributed by atoms with Gasteiger partial charge in [-0.15, -0.1) is 11.6 Å². The third-order valence-corrected chi connectivity index (χ3v) is 5.04. The highest BCUT2D eigenvalue weighted by atomic mass is 35.5. The Morgan fingerprint density at radius 3 is 2.72 bits per heavy atom. The van der Waals surface area contributed by atoms with Crippen LogP contribution in [0.5, 0.6) is 0 Å². The van der Waals surface area contributed by atoms with Crippen LogP contribution < -0.4 is 0 Å². The van der Waals surface area contributed by atoms with Crippen LogP contribution in [0.1, 0.15) is 18.5 Å². The standard InChI is InChI=1S/C12H17ClN2O2S/c13-7-9-15(12-4-5-12)18(16,17)10-6-11-3-1-2-8-14-11/h1-3,8,12H,4-7,9-10H2. The molecule has 0 radical (unpaired) electrons. The lowest BCUT2D eigenvalue weighted by atomic mass is 10.3. The van der Waals surface area contributed by atoms with E-state index in [2.05, 4.69) is 4.98 Å². The van der Waals surface area contributed by atoms with Gasteiger partial charge in [0.25, 0.3) is 0 Å². The van der Waals surface area contributed by atoms with Crippen molar-refractivity contribution in [2.24, 2.45) is 0 Å². The molecule has 4 nitrogen and oxygen atoms in total. The van der Waals surface area contributed by atoms with Gasteiger partial charge in [-0.2, -0.15) is 4.31 Å². The maximum absolute atomic E-state index is 12.2. The van der Waals surface area contributed by atoms with E-state index in [0.717, 1.165) is 18.5 Å². The number of halogens is 1. The van der Waals surface area contributed by atoms with Crippen molar-refractivity contribution >= 4 is 21.6 Å². The molecule has 0 atom stereocenters. The van der Waals surface area contributed by atoms with Gasteiger partial charge in [-0.1, -0.05) is 6.07 Å². The highest BCUT2D eigenvalue weighted by molar-refractivity contribution is 7.89. The Hall–Kier alpha value is -0.650. The fourth-order valence-electron chi connectivity index (χ4n) is 1.89. The smallest absolute Gasteiger partial charge is 0.214 e. The first-order chi connectivity index (χ1) is 8.63. The summed E-state index contributed by atoms with van der Waals surface area (Å²) in [6.45, 7) is 0.413. The largest absolute Gasteiger partial charge is 0.261 e. The number of rotatable bonds is 7. The molecule has 0 saturated heterocycles. The van der Waals surface area contributed by atoms with Crippen LogP contribution in [0, 0.1) is 0 Å². The molecule has 0 aromatic carbocycles. The molecular formula is C12H17ClN2O2S. The molecule has 1 aliphatic carbocycles. The molecule has 1 fully saturated rings. The number of hydrogen-bond donors (Lipinski definition) is 0. The van der Waals surface area contributed by atoms with Crippen molar-refractivity contribution < 1.29 is 8.42 Å². The van der Waals surface area contributed by atoms with Gasteiger partial charge in [0.1, 0.15) is 0 Å². The molecule has 6 heteroatoms. The maximum Gasteiger partial charge on any atom is 0.214 e. The summed E-state index contributed by atoms with van der Waals surface area (Å²) in [5.41, 5.74) is 0.808. The highest BCUT2D eigenvalue weighted by Gasteiger charge is 2.36. The van der Waals surface area contributed by atoms with Gasteiger partial charge < -0.3 is 0 Å². The van der Waals surface area contributed by atoms with Gasteiger partial charge in [-0.3, -0.25) is 4.98 Å². The van der Waals surface area contributed by atoms with Crippen molar-refractivity contribution in [1.29, 1.82) is 0 Å². The molecule has 1 aromatic rings. The van der Waals surface area contributed by atoms with Crippen LogP contribution in [0.4, 0.5) is 0 Å². The van der Waals surface area contributed by atoms with Crippen LogP contribution >= 0.6 is 11.6 Å². The number of pyridine rings is 1. The van der Waals surface area contributed by atoms with Gasteiger partial charge in [-0.05, 0) is 25.0 Å². The quantitative estimate of drug-likeness (QED) is 0.717. The number of nitrogens with zero attached hydrogens (tertiary/aromatic N) is 2. The van der Waals surface area contributed by atoms with Crippen molar-refractivity contribution in [3.63, 3.8) is 0 Å². The first-order valence-corrected chi connectivity index (χ1v) is 8.23. The minimum absolute atomic E-state index is 0.109. The lowest BCUT2D eigenvalue weighted by Gasteiger charge is -2.20. The Bertz CT molecular complexity index is 474. The molecule has 0 N–H and O–H groups in total. The lowest BCUT2D eigenvalue weighted by molar-refractivity contribution is 0.422. The summed E-state index contributed by atoms with van der Waals surface area (Å²) in [4.78, 5) is 4.14. The van der Waals surface area contributed by atoms with E-state index in [1.807, 2.05) is 18.2 Å². The Labute approximate surface area is 113 Å². The summed E-state index contributed by atoms with van der Waals surface area (Å²) in [5.74, 6) is 0.455. The molecule has 100 valence electrons. The zero-order valence-electron chi connectivity index (χ0n) is 10.1. The topological polar surface area (TPSA) is 50.3 Å². The van der Waals surface area contributed by atoms with Gasteiger partial charge in [0, 0.05) is 36.8 Å². The molecule has 2 rings (SSSR count). The van der Waals surface area contributed by atoms with Crippen molar-refractivity contribution in [2.75, 3.05) is 18.2 Å². The second kappa shape index (κ2) is 5.99. The molecule has 0 spiro atoms. The van der Waals surface area contributed by atoms with Gasteiger partial charge in [-0.25, -0.2) is 8.42 Å². The van der Waals surface area contributed by atoms with E-state index in [4.69, 9.17) is 11.6 Å². The van der Waals surface area contributed by atoms with Crippen LogP contribution in [-0.4, -0.2) is 41.9 Å². The average molecular weight is 289 g/mol. The molecular weight excluding hydrogens is 272 g/mol. The minimum atomic E-state index is -3.21. The fraction of sp³-hybridized carbons (Fsp3) is 0.583. The van der Waals surface area contributed by atoms with E-state index in [-0.39, 0.29) is 11.8 Å². The van der Waals surface area contributed by atoms with Crippen molar-refractivity contribution in [2.45, 2.75) is 25.3 Å². The predicted octanol–water partition coefficient (Wildman–Crippen LogP) is 1.66. The summed E-state index contributed by atoms with van der Waals surface area (Å²) in [6.07, 6.45) is 4.05. The van der Waals surface area contributed by atoms with Crippen LogP contribution in [0.25, 0.3) is 0 Å². The number of alkyl halides is 1. The van der Waals surface area contributed by atoms with Gasteiger partial charge >= 0.3 is 0 Å². The normalized spacial score (nSPS) is 16.1. The van der Waals surface area contributed by atoms with E-state index in [0.29, 0.717) is 18.8 Å². The van der Waals surface area contributed by atoms with E-state index >= 15 is 0 Å². The second-order valence-corrected chi connectivity index (χ2v) is 6.84. The first kappa shape index (κ1) is 13.8. The molecule has 0 aliphatic heterocycles. The van der Waals surface area contributed by atoms with Crippen LogP contribution in [-0.2, 0) is 16.4 Å². The first-order valence-electron chi connectivity index (χ1n) is 6.09. The zero-order chi connectivity index (χ0) is 13.0. The van der Waals surface area contributed by atoms with E-state index in [9.17, 15) is 8.42 Å². The number of sulfonamides is 1. The Morgan fingerprint density at radius 1 is 1.39 bits per heavy atom. The van der Waals surface area contributed by atoms with E-state index in [1.54, 1.807) is 10.5 Å². The Morgan fingerprint density at radius 2 is 2.17 bits per heavy atom. The number of aryl methyl sites for hydroxylation is 1. The lowest BCUT2D eigenvalue weighted by Crippen LogP contribution is -2.37. The monoisotopic (exact) mass is 288 g/mol. The van der Waals surface area contributed by atoms with Gasteiger partial charge in [0.2, 0.25) is 10.0 Å². The molecule has 0 unspecified atom stereocenters. The highest BCUT2D eigenvalue weighted by Crippen LogP contribution is 2.29. The third kappa shape index (κ3) is 3.67. The molecule has 0 bridgehead atoms. The summed E-state index contributed by atoms with van der Waals surface area (Å²) < 4.78 is 26.0. The molecule has 1 saturated carbocycles. The zero-order valence-corrected chi connectivity index (χ0v) is 11.7. The molecule has 1 aromatic heterocycles. The van der Waals surface area contributed by atoms with Crippen molar-refractivity contribution in [1.82, 2.24) is 9.29 Å². The summed E-state index contributed by atoms with van der Waals surface area (Å²) in [6, 6.07) is 5.71. The van der Waals surface area contributed by atoms with Gasteiger partial charge in [0.05, 0.1) is 5.75 Å². The fourth-order valence-corrected chi connectivity index (χ4v) is 3.91. The average Bonchev–Trinajstić information content (AvgIpc) is 3.19. The van der Waals surface area contributed by atoms with Crippen molar-refractivity contribution in [3.05, 3.63) is 30.1 Å². The van der Waals surface area contributed by atoms with E-state index < -0.39 is 10.0 Å². The Balaban J connectivity index is 1.97. The van der Waals surface area contributed by atoms with Crippen molar-refractivity contribution in [3.8, 4) is 0 Å². The SMILES string of the molecule is O=S(=O)(CCc1ccccn1)N(CCCl)C1CC1. The van der Waals surface area contributed by atoms with Gasteiger partial charge in [0.15, 0.2) is 0 Å². The molecule has 18 heavy (non-hydrogen) atoms. The Kier molecular flexibility index (Phi) is 4.59. The summed E-state index contributed by atoms with van der Waals surface area (Å²) in [7, 11) is -3.21. The second-order valence-electron chi connectivity index (χ2n) is 4.42.